The first-order valence-corrected chi connectivity index (χ1v) is 7.41. The van der Waals surface area contributed by atoms with Crippen molar-refractivity contribution in [3.63, 3.8) is 0 Å². The zero-order chi connectivity index (χ0) is 15.9. The molecule has 0 fully saturated rings. The van der Waals surface area contributed by atoms with Gasteiger partial charge < -0.3 is 10.6 Å². The Bertz CT molecular complexity index is 595. The Labute approximate surface area is 131 Å². The number of hydrogen-bond donors (Lipinski definition) is 1. The van der Waals surface area contributed by atoms with Gasteiger partial charge in [-0.2, -0.15) is 0 Å². The van der Waals surface area contributed by atoms with Gasteiger partial charge in [-0.05, 0) is 38.1 Å². The van der Waals surface area contributed by atoms with Crippen LogP contribution in [0.3, 0.4) is 0 Å². The molecule has 0 aromatic carbocycles. The molecule has 5 nitrogen and oxygen atoms in total. The van der Waals surface area contributed by atoms with Gasteiger partial charge in [-0.15, -0.1) is 0 Å². The molecule has 0 saturated heterocycles. The maximum atomic E-state index is 12.3. The number of rotatable bonds is 6. The highest BCUT2D eigenvalue weighted by molar-refractivity contribution is 5.76. The molecule has 1 amide bonds. The van der Waals surface area contributed by atoms with Gasteiger partial charge >= 0.3 is 0 Å². The first-order valence-electron chi connectivity index (χ1n) is 7.41. The second-order valence-corrected chi connectivity index (χ2v) is 5.33. The third kappa shape index (κ3) is 4.63. The Morgan fingerprint density at radius 2 is 1.50 bits per heavy atom. The van der Waals surface area contributed by atoms with E-state index in [2.05, 4.69) is 9.97 Å². The number of nitrogens with zero attached hydrogens (tertiary/aromatic N) is 3. The smallest absolute Gasteiger partial charge is 0.224 e. The van der Waals surface area contributed by atoms with Crippen LogP contribution < -0.4 is 5.73 Å². The van der Waals surface area contributed by atoms with Crippen LogP contribution >= 0.6 is 0 Å². The lowest BCUT2D eigenvalue weighted by atomic mass is 10.2. The topological polar surface area (TPSA) is 72.1 Å². The van der Waals surface area contributed by atoms with Crippen molar-refractivity contribution < 1.29 is 4.79 Å². The molecule has 0 bridgehead atoms. The van der Waals surface area contributed by atoms with Crippen molar-refractivity contribution in [2.24, 2.45) is 5.73 Å². The van der Waals surface area contributed by atoms with Crippen LogP contribution in [0.1, 0.15) is 29.2 Å². The molecule has 2 aromatic rings. The summed E-state index contributed by atoms with van der Waals surface area (Å²) in [4.78, 5) is 23.0. The molecule has 116 valence electrons. The van der Waals surface area contributed by atoms with E-state index in [1.165, 1.54) is 0 Å². The highest BCUT2D eigenvalue weighted by atomic mass is 16.2. The number of carbonyl (C=O) groups is 1. The van der Waals surface area contributed by atoms with E-state index in [0.29, 0.717) is 26.1 Å². The third-order valence-electron chi connectivity index (χ3n) is 3.31. The average molecular weight is 298 g/mol. The molecule has 2 heterocycles. The van der Waals surface area contributed by atoms with E-state index in [1.54, 1.807) is 4.90 Å². The predicted octanol–water partition coefficient (Wildman–Crippen LogP) is 1.97. The maximum Gasteiger partial charge on any atom is 0.224 e. The number of carbonyl (C=O) groups excluding carboxylic acids is 1. The quantitative estimate of drug-likeness (QED) is 0.885. The number of nitrogens with two attached hydrogens (primary N) is 1. The second kappa shape index (κ2) is 7.66. The fraction of sp³-hybridized carbons (Fsp3) is 0.353. The molecule has 0 radical (unpaired) electrons. The molecular formula is C17H22N4O. The van der Waals surface area contributed by atoms with Crippen LogP contribution in [0.25, 0.3) is 0 Å². The Balaban J connectivity index is 2.17. The molecule has 0 aliphatic carbocycles. The molecule has 2 aromatic heterocycles. The van der Waals surface area contributed by atoms with E-state index >= 15 is 0 Å². The third-order valence-corrected chi connectivity index (χ3v) is 3.31. The van der Waals surface area contributed by atoms with Gasteiger partial charge in [0.2, 0.25) is 5.91 Å². The molecule has 0 atom stereocenters. The van der Waals surface area contributed by atoms with Gasteiger partial charge in [-0.1, -0.05) is 12.1 Å². The molecule has 0 aliphatic heterocycles. The highest BCUT2D eigenvalue weighted by Gasteiger charge is 2.15. The Morgan fingerprint density at radius 1 is 1.00 bits per heavy atom. The summed E-state index contributed by atoms with van der Waals surface area (Å²) in [6.07, 6.45) is 0.331. The molecule has 22 heavy (non-hydrogen) atoms. The fourth-order valence-corrected chi connectivity index (χ4v) is 2.28. The fourth-order valence-electron chi connectivity index (χ4n) is 2.28. The molecule has 0 spiro atoms. The summed E-state index contributed by atoms with van der Waals surface area (Å²) in [5, 5.41) is 0. The zero-order valence-corrected chi connectivity index (χ0v) is 13.1. The zero-order valence-electron chi connectivity index (χ0n) is 13.1. The molecule has 2 N–H and O–H groups in total. The predicted molar refractivity (Wildman–Crippen MR) is 85.9 cm³/mol. The molecule has 5 heteroatoms. The summed E-state index contributed by atoms with van der Waals surface area (Å²) < 4.78 is 0. The van der Waals surface area contributed by atoms with Gasteiger partial charge in [0.05, 0.1) is 24.5 Å². The van der Waals surface area contributed by atoms with Crippen molar-refractivity contribution in [1.82, 2.24) is 14.9 Å². The lowest BCUT2D eigenvalue weighted by Gasteiger charge is -2.22. The van der Waals surface area contributed by atoms with Gasteiger partial charge in [-0.3, -0.25) is 14.8 Å². The van der Waals surface area contributed by atoms with E-state index in [1.807, 2.05) is 50.2 Å². The van der Waals surface area contributed by atoms with Crippen LogP contribution in [0, 0.1) is 13.8 Å². The minimum absolute atomic E-state index is 0.0223. The van der Waals surface area contributed by atoms with Gasteiger partial charge in [0.15, 0.2) is 0 Å². The Kier molecular flexibility index (Phi) is 5.61. The Morgan fingerprint density at radius 3 is 1.91 bits per heavy atom. The molecule has 0 unspecified atom stereocenters. The van der Waals surface area contributed by atoms with Gasteiger partial charge in [0.1, 0.15) is 0 Å². The van der Waals surface area contributed by atoms with E-state index < -0.39 is 0 Å². The number of aromatic nitrogens is 2. The minimum Gasteiger partial charge on any atom is -0.331 e. The monoisotopic (exact) mass is 298 g/mol. The van der Waals surface area contributed by atoms with Crippen molar-refractivity contribution >= 4 is 5.91 Å². The van der Waals surface area contributed by atoms with Crippen molar-refractivity contribution in [1.29, 1.82) is 0 Å². The van der Waals surface area contributed by atoms with Crippen LogP contribution in [-0.2, 0) is 17.9 Å². The van der Waals surface area contributed by atoms with Gasteiger partial charge in [0, 0.05) is 24.4 Å². The second-order valence-electron chi connectivity index (χ2n) is 5.33. The summed E-state index contributed by atoms with van der Waals surface area (Å²) in [6, 6.07) is 11.6. The normalized spacial score (nSPS) is 10.5. The molecular weight excluding hydrogens is 276 g/mol. The van der Waals surface area contributed by atoms with Crippen LogP contribution in [0.2, 0.25) is 0 Å². The number of pyridine rings is 2. The van der Waals surface area contributed by atoms with Gasteiger partial charge in [-0.25, -0.2) is 0 Å². The Hall–Kier alpha value is -2.27. The first-order chi connectivity index (χ1) is 10.6. The summed E-state index contributed by atoms with van der Waals surface area (Å²) in [5.74, 6) is 0.0223. The summed E-state index contributed by atoms with van der Waals surface area (Å²) in [5.41, 5.74) is 9.15. The summed E-state index contributed by atoms with van der Waals surface area (Å²) in [6.45, 7) is 5.17. The molecule has 0 aliphatic rings. The molecule has 0 saturated carbocycles. The van der Waals surface area contributed by atoms with Crippen molar-refractivity contribution in [3.05, 3.63) is 59.2 Å². The van der Waals surface area contributed by atoms with E-state index in [4.69, 9.17) is 5.73 Å². The standard InChI is InChI=1S/C17H22N4O/c1-13-5-3-7-15(19-13)11-21(17(22)9-10-18)12-16-8-4-6-14(2)20-16/h3-8H,9-12,18H2,1-2H3. The minimum atomic E-state index is 0.0223. The van der Waals surface area contributed by atoms with Crippen LogP contribution in [0.4, 0.5) is 0 Å². The van der Waals surface area contributed by atoms with Gasteiger partial charge in [0.25, 0.3) is 0 Å². The number of amides is 1. The lowest BCUT2D eigenvalue weighted by Crippen LogP contribution is -2.32. The van der Waals surface area contributed by atoms with Crippen LogP contribution in [0.15, 0.2) is 36.4 Å². The number of aryl methyl sites for hydroxylation is 2. The molecule has 2 rings (SSSR count). The first kappa shape index (κ1) is 16.1. The van der Waals surface area contributed by atoms with Crippen molar-refractivity contribution in [3.8, 4) is 0 Å². The van der Waals surface area contributed by atoms with Crippen LogP contribution in [-0.4, -0.2) is 27.3 Å². The van der Waals surface area contributed by atoms with E-state index in [9.17, 15) is 4.79 Å². The SMILES string of the molecule is Cc1cccc(CN(Cc2cccc(C)n2)C(=O)CCN)n1. The lowest BCUT2D eigenvalue weighted by molar-refractivity contribution is -0.132. The van der Waals surface area contributed by atoms with E-state index in [0.717, 1.165) is 22.8 Å². The van der Waals surface area contributed by atoms with Crippen molar-refractivity contribution in [2.45, 2.75) is 33.4 Å². The summed E-state index contributed by atoms with van der Waals surface area (Å²) >= 11 is 0. The van der Waals surface area contributed by atoms with Crippen molar-refractivity contribution in [2.75, 3.05) is 6.54 Å². The maximum absolute atomic E-state index is 12.3. The largest absolute Gasteiger partial charge is 0.331 e. The summed E-state index contributed by atoms with van der Waals surface area (Å²) in [7, 11) is 0. The van der Waals surface area contributed by atoms with Crippen LogP contribution in [0.5, 0.6) is 0 Å². The average Bonchev–Trinajstić information content (AvgIpc) is 2.47. The van der Waals surface area contributed by atoms with E-state index in [-0.39, 0.29) is 5.91 Å². The highest BCUT2D eigenvalue weighted by Crippen LogP contribution is 2.10. The number of hydrogen-bond acceptors (Lipinski definition) is 4.